The fraction of sp³-hybridized carbons (Fsp3) is 0.413. The predicted molar refractivity (Wildman–Crippen MR) is 223 cm³/mol. The lowest BCUT2D eigenvalue weighted by molar-refractivity contribution is -0.128. The summed E-state index contributed by atoms with van der Waals surface area (Å²) in [4.78, 5) is 36.8. The molecule has 0 saturated carbocycles. The van der Waals surface area contributed by atoms with Gasteiger partial charge in [-0.1, -0.05) is 92.7 Å². The van der Waals surface area contributed by atoms with Gasteiger partial charge < -0.3 is 30.6 Å². The van der Waals surface area contributed by atoms with Gasteiger partial charge in [-0.15, -0.1) is 0 Å². The molecule has 8 rings (SSSR count). The first-order chi connectivity index (χ1) is 27.9. The zero-order valence-corrected chi connectivity index (χ0v) is 34.1. The summed E-state index contributed by atoms with van der Waals surface area (Å²) >= 11 is 0. The van der Waals surface area contributed by atoms with E-state index >= 15 is 0 Å². The third-order valence-corrected chi connectivity index (χ3v) is 12.1. The lowest BCUT2D eigenvalue weighted by Gasteiger charge is -2.32. The molecule has 5 aromatic rings. The fourth-order valence-electron chi connectivity index (χ4n) is 8.50. The molecule has 0 bridgehead atoms. The van der Waals surface area contributed by atoms with Crippen molar-refractivity contribution in [2.24, 2.45) is 0 Å². The minimum Gasteiger partial charge on any atom is -0.374 e. The van der Waals surface area contributed by atoms with Crippen LogP contribution in [0.25, 0.3) is 11.1 Å². The van der Waals surface area contributed by atoms with Crippen molar-refractivity contribution in [2.45, 2.75) is 95.9 Å². The number of hydrogen-bond donors (Lipinski definition) is 4. The second-order valence-electron chi connectivity index (χ2n) is 17.2. The lowest BCUT2D eigenvalue weighted by atomic mass is 9.86. The molecule has 0 aliphatic carbocycles. The minimum atomic E-state index is -0.721. The number of hydrazine groups is 1. The van der Waals surface area contributed by atoms with Crippen molar-refractivity contribution >= 4 is 17.6 Å². The highest BCUT2D eigenvalue weighted by Crippen LogP contribution is 2.40. The zero-order chi connectivity index (χ0) is 40.6. The third-order valence-electron chi connectivity index (χ3n) is 12.1. The number of amides is 2. The first-order valence-electron chi connectivity index (χ1n) is 20.5. The number of aliphatic hydroxyl groups excluding tert-OH is 1. The first kappa shape index (κ1) is 39.4. The summed E-state index contributed by atoms with van der Waals surface area (Å²) in [6, 6.07) is 26.1. The van der Waals surface area contributed by atoms with Gasteiger partial charge >= 0.3 is 11.8 Å². The number of nitrogens with zero attached hydrogens (tertiary/aromatic N) is 5. The van der Waals surface area contributed by atoms with Crippen LogP contribution in [0.4, 0.5) is 5.82 Å². The van der Waals surface area contributed by atoms with Gasteiger partial charge in [0.25, 0.3) is 0 Å². The number of aryl methyl sites for hydroxylation is 1. The van der Waals surface area contributed by atoms with E-state index in [-0.39, 0.29) is 35.1 Å². The smallest absolute Gasteiger partial charge is 0.315 e. The molecular formula is C46H54N8O4. The zero-order valence-electron chi connectivity index (χ0n) is 34.1. The van der Waals surface area contributed by atoms with Gasteiger partial charge in [-0.2, -0.15) is 4.98 Å². The topological polar surface area (TPSA) is 149 Å². The van der Waals surface area contributed by atoms with Gasteiger partial charge in [0.05, 0.1) is 12.0 Å². The van der Waals surface area contributed by atoms with Gasteiger partial charge in [0.15, 0.2) is 5.82 Å². The molecule has 12 nitrogen and oxygen atoms in total. The molecule has 5 heterocycles. The Labute approximate surface area is 340 Å². The van der Waals surface area contributed by atoms with Crippen LogP contribution in [-0.4, -0.2) is 74.9 Å². The van der Waals surface area contributed by atoms with Crippen molar-refractivity contribution in [1.29, 1.82) is 0 Å². The summed E-state index contributed by atoms with van der Waals surface area (Å²) in [5.74, 6) is 1.22. The second kappa shape index (κ2) is 16.4. The molecule has 12 heteroatoms. The number of anilines is 1. The molecule has 2 amide bonds. The number of aliphatic hydroxyl groups is 1. The molecule has 3 aliphatic heterocycles. The maximum Gasteiger partial charge on any atom is 0.315 e. The van der Waals surface area contributed by atoms with Gasteiger partial charge in [0, 0.05) is 42.9 Å². The second-order valence-corrected chi connectivity index (χ2v) is 17.2. The molecule has 2 aromatic heterocycles. The van der Waals surface area contributed by atoms with Crippen molar-refractivity contribution < 1.29 is 19.2 Å². The molecule has 2 fully saturated rings. The number of nitrogens with one attached hydrogen (secondary N) is 3. The Bertz CT molecular complexity index is 2260. The number of fused-ring (bicyclic) bond motifs is 1. The summed E-state index contributed by atoms with van der Waals surface area (Å²) in [6.07, 6.45) is 5.77. The Morgan fingerprint density at radius 2 is 1.66 bits per heavy atom. The van der Waals surface area contributed by atoms with Crippen LogP contribution >= 0.6 is 0 Å². The number of aromatic nitrogens is 3. The van der Waals surface area contributed by atoms with Gasteiger partial charge in [0.2, 0.25) is 5.91 Å². The van der Waals surface area contributed by atoms with Gasteiger partial charge in [-0.05, 0) is 103 Å². The molecule has 302 valence electrons. The van der Waals surface area contributed by atoms with Crippen molar-refractivity contribution in [1.82, 2.24) is 35.7 Å². The van der Waals surface area contributed by atoms with Crippen LogP contribution < -0.4 is 16.1 Å². The van der Waals surface area contributed by atoms with Crippen LogP contribution in [-0.2, 0) is 23.2 Å². The van der Waals surface area contributed by atoms with Crippen molar-refractivity contribution in [3.8, 4) is 11.1 Å². The number of rotatable bonds is 10. The lowest BCUT2D eigenvalue weighted by Crippen LogP contribution is -2.42. The van der Waals surface area contributed by atoms with Crippen LogP contribution in [0.3, 0.4) is 0 Å². The van der Waals surface area contributed by atoms with Crippen LogP contribution in [0.5, 0.6) is 0 Å². The van der Waals surface area contributed by atoms with Gasteiger partial charge in [-0.25, -0.2) is 9.99 Å². The fourth-order valence-corrected chi connectivity index (χ4v) is 8.50. The summed E-state index contributed by atoms with van der Waals surface area (Å²) in [5, 5.41) is 21.4. The Morgan fingerprint density at radius 1 is 0.931 bits per heavy atom. The van der Waals surface area contributed by atoms with E-state index in [0.29, 0.717) is 31.1 Å². The summed E-state index contributed by atoms with van der Waals surface area (Å²) in [5.41, 5.74) is 13.4. The normalized spacial score (nSPS) is 20.4. The molecule has 3 aliphatic rings. The quantitative estimate of drug-likeness (QED) is 0.120. The number of piperidine rings is 2. The van der Waals surface area contributed by atoms with Gasteiger partial charge in [0.1, 0.15) is 12.0 Å². The number of carbonyl (C=O) groups is 2. The Morgan fingerprint density at radius 3 is 2.34 bits per heavy atom. The molecule has 2 unspecified atom stereocenters. The number of carbonyl (C=O) groups excluding carboxylic acids is 2. The van der Waals surface area contributed by atoms with Crippen molar-refractivity contribution in [3.63, 3.8) is 0 Å². The summed E-state index contributed by atoms with van der Waals surface area (Å²) in [6.45, 7) is 11.5. The van der Waals surface area contributed by atoms with Gasteiger partial charge in [-0.3, -0.25) is 9.59 Å². The largest absolute Gasteiger partial charge is 0.374 e. The average molecular weight is 783 g/mol. The van der Waals surface area contributed by atoms with Crippen LogP contribution in [0.1, 0.15) is 120 Å². The van der Waals surface area contributed by atoms with Crippen LogP contribution in [0.2, 0.25) is 0 Å². The third kappa shape index (κ3) is 8.55. The SMILES string of the molecule is Cc1cc(C2c3cc(-c4ccc(CCN5CCC(c6ccc([C@H]7CCC(O)NC7=O)cc6)CC5)cc4)cnc3NN2C)ccc1CNC(=O)c1nc(C(C)(C)C)no1. The summed E-state index contributed by atoms with van der Waals surface area (Å²) < 4.78 is 5.21. The molecule has 3 aromatic carbocycles. The Balaban J connectivity index is 0.844. The first-order valence-corrected chi connectivity index (χ1v) is 20.5. The number of likely N-dealkylation sites (tertiary alicyclic amines) is 1. The molecule has 58 heavy (non-hydrogen) atoms. The van der Waals surface area contributed by atoms with E-state index in [0.717, 1.165) is 83.7 Å². The van der Waals surface area contributed by atoms with E-state index in [9.17, 15) is 14.7 Å². The maximum atomic E-state index is 12.8. The molecule has 0 spiro atoms. The van der Waals surface area contributed by atoms with Crippen LogP contribution in [0, 0.1) is 6.92 Å². The molecule has 4 N–H and O–H groups in total. The summed E-state index contributed by atoms with van der Waals surface area (Å²) in [7, 11) is 2.04. The van der Waals surface area contributed by atoms with E-state index in [4.69, 9.17) is 9.51 Å². The van der Waals surface area contributed by atoms with E-state index in [1.807, 2.05) is 34.0 Å². The average Bonchev–Trinajstić information content (AvgIpc) is 3.85. The monoisotopic (exact) mass is 782 g/mol. The van der Waals surface area contributed by atoms with E-state index in [1.165, 1.54) is 11.1 Å². The van der Waals surface area contributed by atoms with Crippen molar-refractivity contribution in [2.75, 3.05) is 32.1 Å². The predicted octanol–water partition coefficient (Wildman–Crippen LogP) is 6.76. The van der Waals surface area contributed by atoms with E-state index < -0.39 is 6.23 Å². The molecule has 2 saturated heterocycles. The number of pyridine rings is 1. The van der Waals surface area contributed by atoms with E-state index in [1.54, 1.807) is 0 Å². The Kier molecular flexibility index (Phi) is 11.2. The van der Waals surface area contributed by atoms with Crippen LogP contribution in [0.15, 0.2) is 83.5 Å². The standard InChI is InChI=1S/C46H54N8O4/c1-28-24-34(14-15-35(28)26-48-43(57)44-50-45(52-58-44)46(2,3)4)40-38-25-36(27-47-41(38)51-53(40)5)31-8-6-29(7-9-31)18-21-54-22-19-32(20-23-54)30-10-12-33(13-11-30)37-16-17-39(55)49-42(37)56/h6-15,24-25,27,32,37,39-40,55H,16-23,26H2,1-5H3,(H,47,51)(H,48,57)(H,49,56)/t37-,39?,40?/m1/s1. The highest BCUT2D eigenvalue weighted by molar-refractivity contribution is 5.89. The highest BCUT2D eigenvalue weighted by atomic mass is 16.5. The number of hydrogen-bond acceptors (Lipinski definition) is 10. The van der Waals surface area contributed by atoms with Crippen molar-refractivity contribution in [3.05, 3.63) is 130 Å². The maximum absolute atomic E-state index is 12.8. The molecule has 0 radical (unpaired) electrons. The Hall–Kier alpha value is -5.43. The molecule has 3 atom stereocenters. The minimum absolute atomic E-state index is 0.0256. The number of benzene rings is 3. The highest BCUT2D eigenvalue weighted by Gasteiger charge is 2.32. The molecular weight excluding hydrogens is 729 g/mol. The van der Waals surface area contributed by atoms with E-state index in [2.05, 4.69) is 116 Å².